The molecule has 1 aliphatic heterocycles. The van der Waals surface area contributed by atoms with Crippen LogP contribution in [0.2, 0.25) is 0 Å². The Hall–Kier alpha value is -2.62. The third-order valence-electron chi connectivity index (χ3n) is 4.71. The van der Waals surface area contributed by atoms with E-state index in [-0.39, 0.29) is 11.9 Å². The monoisotopic (exact) mass is 337 g/mol. The second-order valence-corrected chi connectivity index (χ2v) is 6.36. The zero-order valence-corrected chi connectivity index (χ0v) is 14.5. The lowest BCUT2D eigenvalue weighted by atomic mass is 9.99. The molecule has 4 heteroatoms. The molecule has 130 valence electrons. The molecule has 0 bridgehead atoms. The van der Waals surface area contributed by atoms with E-state index in [9.17, 15) is 9.59 Å². The Morgan fingerprint density at radius 1 is 1.00 bits per heavy atom. The number of likely N-dealkylation sites (tertiary alicyclic amines) is 1. The summed E-state index contributed by atoms with van der Waals surface area (Å²) in [6.45, 7) is 0.626. The van der Waals surface area contributed by atoms with E-state index < -0.39 is 6.04 Å². The highest BCUT2D eigenvalue weighted by Crippen LogP contribution is 2.22. The van der Waals surface area contributed by atoms with Gasteiger partial charge in [-0.1, -0.05) is 54.6 Å². The number of methoxy groups -OCH3 is 1. The summed E-state index contributed by atoms with van der Waals surface area (Å²) in [7, 11) is 1.38. The minimum atomic E-state index is -0.435. The van der Waals surface area contributed by atoms with E-state index >= 15 is 0 Å². The fourth-order valence-corrected chi connectivity index (χ4v) is 3.33. The molecular formula is C21H23NO3. The molecule has 0 aliphatic carbocycles. The van der Waals surface area contributed by atoms with Crippen LogP contribution in [-0.4, -0.2) is 36.5 Å². The van der Waals surface area contributed by atoms with Crippen molar-refractivity contribution in [3.8, 4) is 11.1 Å². The van der Waals surface area contributed by atoms with Gasteiger partial charge in [0.2, 0.25) is 5.91 Å². The number of hydrogen-bond acceptors (Lipinski definition) is 3. The number of nitrogens with zero attached hydrogens (tertiary/aromatic N) is 1. The Balaban J connectivity index is 1.69. The highest BCUT2D eigenvalue weighted by molar-refractivity contribution is 5.86. The molecule has 1 atom stereocenters. The molecular weight excluding hydrogens is 314 g/mol. The van der Waals surface area contributed by atoms with Crippen molar-refractivity contribution in [2.75, 3.05) is 13.7 Å². The average Bonchev–Trinajstić information content (AvgIpc) is 2.68. The molecule has 25 heavy (non-hydrogen) atoms. The fraction of sp³-hybridized carbons (Fsp3) is 0.333. The molecule has 0 spiro atoms. The van der Waals surface area contributed by atoms with Gasteiger partial charge in [-0.05, 0) is 36.0 Å². The van der Waals surface area contributed by atoms with Crippen molar-refractivity contribution >= 4 is 11.9 Å². The van der Waals surface area contributed by atoms with Gasteiger partial charge in [0.05, 0.1) is 13.5 Å². The molecule has 2 aromatic rings. The van der Waals surface area contributed by atoms with Crippen LogP contribution in [-0.2, 0) is 20.7 Å². The maximum Gasteiger partial charge on any atom is 0.328 e. The van der Waals surface area contributed by atoms with Crippen molar-refractivity contribution in [3.05, 3.63) is 60.2 Å². The summed E-state index contributed by atoms with van der Waals surface area (Å²) in [5, 5.41) is 0. The van der Waals surface area contributed by atoms with Gasteiger partial charge in [-0.25, -0.2) is 4.79 Å². The van der Waals surface area contributed by atoms with Crippen LogP contribution in [0.1, 0.15) is 24.8 Å². The lowest BCUT2D eigenvalue weighted by Crippen LogP contribution is -2.49. The summed E-state index contributed by atoms with van der Waals surface area (Å²) in [5.41, 5.74) is 3.24. The number of amides is 1. The van der Waals surface area contributed by atoms with Crippen LogP contribution >= 0.6 is 0 Å². The Morgan fingerprint density at radius 3 is 2.36 bits per heavy atom. The molecule has 0 radical (unpaired) electrons. The van der Waals surface area contributed by atoms with Gasteiger partial charge in [0.15, 0.2) is 0 Å². The van der Waals surface area contributed by atoms with Gasteiger partial charge in [-0.15, -0.1) is 0 Å². The maximum absolute atomic E-state index is 12.7. The predicted molar refractivity (Wildman–Crippen MR) is 97.0 cm³/mol. The molecule has 3 rings (SSSR count). The number of rotatable bonds is 4. The van der Waals surface area contributed by atoms with E-state index in [4.69, 9.17) is 4.74 Å². The van der Waals surface area contributed by atoms with Crippen LogP contribution in [0, 0.1) is 0 Å². The standard InChI is InChI=1S/C21H23NO3/c1-25-21(24)19-9-5-6-14-22(19)20(23)15-16-10-12-18(13-11-16)17-7-3-2-4-8-17/h2-4,7-8,10-13,19H,5-6,9,14-15H2,1H3. The first-order valence-corrected chi connectivity index (χ1v) is 8.70. The maximum atomic E-state index is 12.7. The van der Waals surface area contributed by atoms with Gasteiger partial charge in [0.1, 0.15) is 6.04 Å². The molecule has 1 unspecified atom stereocenters. The van der Waals surface area contributed by atoms with Gasteiger partial charge in [0.25, 0.3) is 0 Å². The van der Waals surface area contributed by atoms with Crippen molar-refractivity contribution in [3.63, 3.8) is 0 Å². The lowest BCUT2D eigenvalue weighted by molar-refractivity contribution is -0.154. The molecule has 0 N–H and O–H groups in total. The first-order chi connectivity index (χ1) is 12.2. The normalized spacial score (nSPS) is 17.2. The number of benzene rings is 2. The van der Waals surface area contributed by atoms with Crippen LogP contribution in [0.15, 0.2) is 54.6 Å². The van der Waals surface area contributed by atoms with Crippen LogP contribution < -0.4 is 0 Å². The average molecular weight is 337 g/mol. The summed E-state index contributed by atoms with van der Waals surface area (Å²) < 4.78 is 4.85. The molecule has 1 fully saturated rings. The molecule has 4 nitrogen and oxygen atoms in total. The highest BCUT2D eigenvalue weighted by Gasteiger charge is 2.32. The minimum absolute atomic E-state index is 0.0115. The van der Waals surface area contributed by atoms with E-state index in [1.165, 1.54) is 7.11 Å². The number of carbonyl (C=O) groups excluding carboxylic acids is 2. The molecule has 1 aliphatic rings. The van der Waals surface area contributed by atoms with Crippen LogP contribution in [0.4, 0.5) is 0 Å². The Kier molecular flexibility index (Phi) is 5.49. The number of hydrogen-bond donors (Lipinski definition) is 0. The summed E-state index contributed by atoms with van der Waals surface area (Å²) in [5.74, 6) is -0.324. The number of ether oxygens (including phenoxy) is 1. The first-order valence-electron chi connectivity index (χ1n) is 8.70. The van der Waals surface area contributed by atoms with Crippen molar-refractivity contribution < 1.29 is 14.3 Å². The predicted octanol–water partition coefficient (Wildman–Crippen LogP) is 3.45. The van der Waals surface area contributed by atoms with Crippen LogP contribution in [0.25, 0.3) is 11.1 Å². The van der Waals surface area contributed by atoms with E-state index in [0.717, 1.165) is 29.5 Å². The molecule has 0 saturated carbocycles. The van der Waals surface area contributed by atoms with E-state index in [2.05, 4.69) is 12.1 Å². The highest BCUT2D eigenvalue weighted by atomic mass is 16.5. The summed E-state index contributed by atoms with van der Waals surface area (Å²) in [4.78, 5) is 26.3. The largest absolute Gasteiger partial charge is 0.467 e. The third kappa shape index (κ3) is 4.08. The molecule has 1 heterocycles. The number of carbonyl (C=O) groups is 2. The number of piperidine rings is 1. The Labute approximate surface area is 148 Å². The third-order valence-corrected chi connectivity index (χ3v) is 4.71. The SMILES string of the molecule is COC(=O)C1CCCCN1C(=O)Cc1ccc(-c2ccccc2)cc1. The van der Waals surface area contributed by atoms with Gasteiger partial charge < -0.3 is 9.64 Å². The van der Waals surface area contributed by atoms with E-state index in [0.29, 0.717) is 19.4 Å². The fourth-order valence-electron chi connectivity index (χ4n) is 3.33. The van der Waals surface area contributed by atoms with E-state index in [1.54, 1.807) is 4.90 Å². The first kappa shape index (κ1) is 17.2. The van der Waals surface area contributed by atoms with E-state index in [1.807, 2.05) is 42.5 Å². The number of esters is 1. The van der Waals surface area contributed by atoms with Gasteiger partial charge in [-0.2, -0.15) is 0 Å². The van der Waals surface area contributed by atoms with Crippen molar-refractivity contribution in [2.24, 2.45) is 0 Å². The van der Waals surface area contributed by atoms with Crippen molar-refractivity contribution in [2.45, 2.75) is 31.7 Å². The molecule has 1 saturated heterocycles. The molecule has 0 aromatic heterocycles. The smallest absolute Gasteiger partial charge is 0.328 e. The topological polar surface area (TPSA) is 46.6 Å². The van der Waals surface area contributed by atoms with Gasteiger partial charge in [0, 0.05) is 6.54 Å². The summed E-state index contributed by atoms with van der Waals surface area (Å²) in [6, 6.07) is 17.7. The van der Waals surface area contributed by atoms with Crippen LogP contribution in [0.3, 0.4) is 0 Å². The zero-order valence-electron chi connectivity index (χ0n) is 14.5. The van der Waals surface area contributed by atoms with Gasteiger partial charge >= 0.3 is 5.97 Å². The zero-order chi connectivity index (χ0) is 17.6. The van der Waals surface area contributed by atoms with Crippen molar-refractivity contribution in [1.82, 2.24) is 4.90 Å². The summed E-state index contributed by atoms with van der Waals surface area (Å²) >= 11 is 0. The summed E-state index contributed by atoms with van der Waals surface area (Å²) in [6.07, 6.45) is 2.88. The van der Waals surface area contributed by atoms with Crippen LogP contribution in [0.5, 0.6) is 0 Å². The Bertz CT molecular complexity index is 725. The Morgan fingerprint density at radius 2 is 1.68 bits per heavy atom. The molecule has 2 aromatic carbocycles. The minimum Gasteiger partial charge on any atom is -0.467 e. The van der Waals surface area contributed by atoms with Gasteiger partial charge in [-0.3, -0.25) is 4.79 Å². The second kappa shape index (κ2) is 7.97. The quantitative estimate of drug-likeness (QED) is 0.803. The lowest BCUT2D eigenvalue weighted by Gasteiger charge is -2.33. The second-order valence-electron chi connectivity index (χ2n) is 6.36. The molecule has 1 amide bonds. The van der Waals surface area contributed by atoms with Crippen molar-refractivity contribution in [1.29, 1.82) is 0 Å².